The van der Waals surface area contributed by atoms with Crippen LogP contribution in [0.3, 0.4) is 0 Å². The van der Waals surface area contributed by atoms with E-state index >= 15 is 0 Å². The third-order valence-electron chi connectivity index (χ3n) is 3.98. The molecule has 2 amide bonds. The van der Waals surface area contributed by atoms with Gasteiger partial charge in [-0.3, -0.25) is 14.5 Å². The monoisotopic (exact) mass is 335 g/mol. The van der Waals surface area contributed by atoms with E-state index in [2.05, 4.69) is 22.3 Å². The summed E-state index contributed by atoms with van der Waals surface area (Å²) in [5.41, 5.74) is 1.05. The Bertz CT molecular complexity index is 525. The number of nitrogens with one attached hydrogen (secondary N) is 1. The third kappa shape index (κ3) is 5.55. The molecule has 0 saturated carbocycles. The molecule has 126 valence electrons. The number of carbonyl (C=O) groups excluding carboxylic acids is 2. The fraction of sp³-hybridized carbons (Fsp3) is 0.529. The van der Waals surface area contributed by atoms with E-state index in [1.807, 2.05) is 30.2 Å². The van der Waals surface area contributed by atoms with E-state index in [1.54, 1.807) is 11.8 Å². The summed E-state index contributed by atoms with van der Waals surface area (Å²) < 4.78 is 0. The lowest BCUT2D eigenvalue weighted by Crippen LogP contribution is -2.51. The molecule has 0 atom stereocenters. The Labute approximate surface area is 142 Å². The highest BCUT2D eigenvalue weighted by molar-refractivity contribution is 7.98. The average Bonchev–Trinajstić information content (AvgIpc) is 2.56. The molecule has 0 spiro atoms. The Morgan fingerprint density at radius 3 is 2.35 bits per heavy atom. The van der Waals surface area contributed by atoms with Gasteiger partial charge in [-0.25, -0.2) is 0 Å². The van der Waals surface area contributed by atoms with Crippen molar-refractivity contribution in [3.8, 4) is 0 Å². The first-order valence-corrected chi connectivity index (χ1v) is 9.24. The van der Waals surface area contributed by atoms with Gasteiger partial charge in [0.1, 0.15) is 0 Å². The quantitative estimate of drug-likeness (QED) is 0.795. The van der Waals surface area contributed by atoms with Crippen molar-refractivity contribution in [2.45, 2.75) is 18.2 Å². The molecule has 0 radical (unpaired) electrons. The second-order valence-corrected chi connectivity index (χ2v) is 6.51. The van der Waals surface area contributed by atoms with Gasteiger partial charge in [-0.15, -0.1) is 11.8 Å². The molecule has 6 heteroatoms. The van der Waals surface area contributed by atoms with Gasteiger partial charge in [-0.2, -0.15) is 0 Å². The van der Waals surface area contributed by atoms with Gasteiger partial charge in [0.2, 0.25) is 11.8 Å². The maximum Gasteiger partial charge on any atom is 0.234 e. The summed E-state index contributed by atoms with van der Waals surface area (Å²) in [5.74, 6) is 0.223. The van der Waals surface area contributed by atoms with E-state index in [0.29, 0.717) is 32.6 Å². The molecule has 1 aliphatic heterocycles. The van der Waals surface area contributed by atoms with Crippen LogP contribution >= 0.6 is 11.8 Å². The van der Waals surface area contributed by atoms with Crippen LogP contribution in [0.15, 0.2) is 29.2 Å². The SMILES string of the molecule is CCNC(=O)CN1CCN(C(=O)Cc2ccc(SC)cc2)CC1. The Balaban J connectivity index is 1.77. The summed E-state index contributed by atoms with van der Waals surface area (Å²) in [7, 11) is 0. The smallest absolute Gasteiger partial charge is 0.234 e. The summed E-state index contributed by atoms with van der Waals surface area (Å²) in [6.07, 6.45) is 2.49. The first-order chi connectivity index (χ1) is 11.1. The number of hydrogen-bond donors (Lipinski definition) is 1. The molecule has 0 aromatic heterocycles. The van der Waals surface area contributed by atoms with Crippen molar-refractivity contribution in [3.05, 3.63) is 29.8 Å². The predicted octanol–water partition coefficient (Wildman–Crippen LogP) is 1.23. The lowest BCUT2D eigenvalue weighted by molar-refractivity contribution is -0.132. The van der Waals surface area contributed by atoms with Gasteiger partial charge in [0.15, 0.2) is 0 Å². The molecule has 0 bridgehead atoms. The van der Waals surface area contributed by atoms with Crippen LogP contribution in [-0.4, -0.2) is 67.1 Å². The van der Waals surface area contributed by atoms with E-state index in [0.717, 1.165) is 18.7 Å². The van der Waals surface area contributed by atoms with Gasteiger partial charge in [0.25, 0.3) is 0 Å². The molecule has 1 aromatic rings. The largest absolute Gasteiger partial charge is 0.355 e. The second kappa shape index (κ2) is 8.93. The highest BCUT2D eigenvalue weighted by atomic mass is 32.2. The summed E-state index contributed by atoms with van der Waals surface area (Å²) in [4.78, 5) is 29.2. The number of piperazine rings is 1. The number of nitrogens with zero attached hydrogens (tertiary/aromatic N) is 2. The molecule has 23 heavy (non-hydrogen) atoms. The Morgan fingerprint density at radius 2 is 1.78 bits per heavy atom. The summed E-state index contributed by atoms with van der Waals surface area (Å²) in [6.45, 7) is 5.91. The number of carbonyl (C=O) groups is 2. The highest BCUT2D eigenvalue weighted by Crippen LogP contribution is 2.15. The van der Waals surface area contributed by atoms with Crippen LogP contribution in [-0.2, 0) is 16.0 Å². The normalized spacial score (nSPS) is 15.5. The van der Waals surface area contributed by atoms with E-state index in [4.69, 9.17) is 0 Å². The van der Waals surface area contributed by atoms with E-state index in [-0.39, 0.29) is 11.8 Å². The molecule has 1 aromatic carbocycles. The standard InChI is InChI=1S/C17H25N3O2S/c1-3-18-16(21)13-19-8-10-20(11-9-19)17(22)12-14-4-6-15(23-2)7-5-14/h4-7H,3,8-13H2,1-2H3,(H,18,21). The Kier molecular flexibility index (Phi) is 6.92. The van der Waals surface area contributed by atoms with Crippen LogP contribution in [0.25, 0.3) is 0 Å². The summed E-state index contributed by atoms with van der Waals surface area (Å²) >= 11 is 1.70. The van der Waals surface area contributed by atoms with Crippen molar-refractivity contribution >= 4 is 23.6 Å². The molecular weight excluding hydrogens is 310 g/mol. The number of likely N-dealkylation sites (N-methyl/N-ethyl adjacent to an activating group) is 1. The topological polar surface area (TPSA) is 52.7 Å². The van der Waals surface area contributed by atoms with Crippen molar-refractivity contribution < 1.29 is 9.59 Å². The maximum absolute atomic E-state index is 12.4. The van der Waals surface area contributed by atoms with E-state index in [9.17, 15) is 9.59 Å². The average molecular weight is 335 g/mol. The minimum atomic E-state index is 0.0566. The van der Waals surface area contributed by atoms with Crippen molar-refractivity contribution in [1.82, 2.24) is 15.1 Å². The van der Waals surface area contributed by atoms with Crippen molar-refractivity contribution in [2.24, 2.45) is 0 Å². The van der Waals surface area contributed by atoms with Crippen molar-refractivity contribution in [2.75, 3.05) is 45.5 Å². The second-order valence-electron chi connectivity index (χ2n) is 5.64. The number of rotatable bonds is 6. The lowest BCUT2D eigenvalue weighted by atomic mass is 10.1. The molecule has 1 aliphatic rings. The summed E-state index contributed by atoms with van der Waals surface area (Å²) in [5, 5.41) is 2.81. The summed E-state index contributed by atoms with van der Waals surface area (Å²) in [6, 6.07) is 8.15. The molecular formula is C17H25N3O2S. The lowest BCUT2D eigenvalue weighted by Gasteiger charge is -2.34. The Hall–Kier alpha value is -1.53. The fourth-order valence-electron chi connectivity index (χ4n) is 2.64. The molecule has 0 aliphatic carbocycles. The first kappa shape index (κ1) is 17.8. The number of amides is 2. The van der Waals surface area contributed by atoms with Crippen molar-refractivity contribution in [1.29, 1.82) is 0 Å². The third-order valence-corrected chi connectivity index (χ3v) is 4.72. The van der Waals surface area contributed by atoms with Gasteiger partial charge in [0.05, 0.1) is 13.0 Å². The van der Waals surface area contributed by atoms with E-state index < -0.39 is 0 Å². The van der Waals surface area contributed by atoms with Crippen LogP contribution in [0, 0.1) is 0 Å². The molecule has 1 heterocycles. The fourth-order valence-corrected chi connectivity index (χ4v) is 3.05. The first-order valence-electron chi connectivity index (χ1n) is 8.02. The van der Waals surface area contributed by atoms with Gasteiger partial charge < -0.3 is 10.2 Å². The van der Waals surface area contributed by atoms with Gasteiger partial charge >= 0.3 is 0 Å². The van der Waals surface area contributed by atoms with Crippen LogP contribution < -0.4 is 5.32 Å². The molecule has 0 unspecified atom stereocenters. The zero-order valence-corrected chi connectivity index (χ0v) is 14.7. The van der Waals surface area contributed by atoms with Gasteiger partial charge in [-0.1, -0.05) is 12.1 Å². The molecule has 5 nitrogen and oxygen atoms in total. The molecule has 2 rings (SSSR count). The van der Waals surface area contributed by atoms with Crippen molar-refractivity contribution in [3.63, 3.8) is 0 Å². The van der Waals surface area contributed by atoms with Crippen LogP contribution in [0.2, 0.25) is 0 Å². The van der Waals surface area contributed by atoms with Crippen LogP contribution in [0.5, 0.6) is 0 Å². The van der Waals surface area contributed by atoms with Crippen LogP contribution in [0.4, 0.5) is 0 Å². The number of benzene rings is 1. The minimum absolute atomic E-state index is 0.0566. The zero-order chi connectivity index (χ0) is 16.7. The predicted molar refractivity (Wildman–Crippen MR) is 93.6 cm³/mol. The number of thioether (sulfide) groups is 1. The van der Waals surface area contributed by atoms with Gasteiger partial charge in [-0.05, 0) is 30.9 Å². The molecule has 1 saturated heterocycles. The van der Waals surface area contributed by atoms with Gasteiger partial charge in [0, 0.05) is 37.6 Å². The highest BCUT2D eigenvalue weighted by Gasteiger charge is 2.22. The number of hydrogen-bond acceptors (Lipinski definition) is 4. The minimum Gasteiger partial charge on any atom is -0.355 e. The maximum atomic E-state index is 12.4. The van der Waals surface area contributed by atoms with E-state index in [1.165, 1.54) is 4.90 Å². The van der Waals surface area contributed by atoms with Crippen LogP contribution in [0.1, 0.15) is 12.5 Å². The Morgan fingerprint density at radius 1 is 1.13 bits per heavy atom. The molecule has 1 N–H and O–H groups in total. The molecule has 1 fully saturated rings. The zero-order valence-electron chi connectivity index (χ0n) is 13.9.